The van der Waals surface area contributed by atoms with Crippen LogP contribution in [0.5, 0.6) is 0 Å². The van der Waals surface area contributed by atoms with E-state index in [9.17, 15) is 5.11 Å². The number of rotatable bonds is 2. The van der Waals surface area contributed by atoms with E-state index in [1.807, 2.05) is 5.57 Å². The Labute approximate surface area is 189 Å². The van der Waals surface area contributed by atoms with Gasteiger partial charge in [0.05, 0.1) is 19.3 Å². The van der Waals surface area contributed by atoms with Gasteiger partial charge in [-0.25, -0.2) is 0 Å². The average molecular weight is 429 g/mol. The van der Waals surface area contributed by atoms with Gasteiger partial charge in [0.1, 0.15) is 0 Å². The van der Waals surface area contributed by atoms with E-state index in [0.29, 0.717) is 17.4 Å². The lowest BCUT2D eigenvalue weighted by atomic mass is 9.48. The van der Waals surface area contributed by atoms with Gasteiger partial charge in [0, 0.05) is 25.2 Å². The predicted octanol–water partition coefficient (Wildman–Crippen LogP) is 4.09. The number of allylic oxidation sites excluding steroid dienone is 1. The smallest absolute Gasteiger partial charge is 0.0751 e. The van der Waals surface area contributed by atoms with Crippen LogP contribution in [0.2, 0.25) is 0 Å². The molecule has 6 rings (SSSR count). The van der Waals surface area contributed by atoms with E-state index in [0.717, 1.165) is 44.2 Å². The molecule has 174 valence electrons. The van der Waals surface area contributed by atoms with Crippen molar-refractivity contribution in [2.24, 2.45) is 28.6 Å². The zero-order chi connectivity index (χ0) is 21.2. The van der Waals surface area contributed by atoms with E-state index in [2.05, 4.69) is 29.7 Å². The molecule has 0 aromatic rings. The molecule has 1 N–H and O–H groups in total. The van der Waals surface area contributed by atoms with Gasteiger partial charge in [-0.3, -0.25) is 4.90 Å². The van der Waals surface area contributed by atoms with Crippen molar-refractivity contribution in [1.29, 1.82) is 0 Å². The fraction of sp³-hybridized carbons (Fsp3) is 0.926. The quantitative estimate of drug-likeness (QED) is 0.672. The van der Waals surface area contributed by atoms with Gasteiger partial charge in [0.2, 0.25) is 0 Å². The minimum absolute atomic E-state index is 0.110. The first-order valence-electron chi connectivity index (χ1n) is 13.4. The Hall–Kier alpha value is -0.420. The normalized spacial score (nSPS) is 51.1. The summed E-state index contributed by atoms with van der Waals surface area (Å²) in [5, 5.41) is 11.5. The Balaban J connectivity index is 1.23. The van der Waals surface area contributed by atoms with Crippen molar-refractivity contribution in [3.8, 4) is 0 Å². The highest BCUT2D eigenvalue weighted by Crippen LogP contribution is 2.65. The third kappa shape index (κ3) is 3.22. The van der Waals surface area contributed by atoms with Crippen molar-refractivity contribution in [2.45, 2.75) is 89.8 Å². The number of likely N-dealkylation sites (tertiary alicyclic amines) is 1. The molecule has 4 nitrogen and oxygen atoms in total. The summed E-state index contributed by atoms with van der Waals surface area (Å²) in [6.45, 7) is 11.4. The maximum absolute atomic E-state index is 11.5. The van der Waals surface area contributed by atoms with Crippen LogP contribution in [-0.4, -0.2) is 72.5 Å². The molecule has 4 aliphatic carbocycles. The molecule has 2 saturated heterocycles. The fourth-order valence-electron chi connectivity index (χ4n) is 9.31. The van der Waals surface area contributed by atoms with Crippen molar-refractivity contribution >= 4 is 0 Å². The first kappa shape index (κ1) is 21.1. The molecule has 8 atom stereocenters. The lowest BCUT2D eigenvalue weighted by Crippen LogP contribution is -2.53. The van der Waals surface area contributed by atoms with Crippen molar-refractivity contribution in [3.63, 3.8) is 0 Å². The van der Waals surface area contributed by atoms with Gasteiger partial charge in [-0.05, 0) is 99.5 Å². The van der Waals surface area contributed by atoms with Gasteiger partial charge in [0.15, 0.2) is 0 Å². The Morgan fingerprint density at radius 2 is 1.74 bits per heavy atom. The minimum atomic E-state index is -0.166. The molecule has 0 aromatic carbocycles. The van der Waals surface area contributed by atoms with Gasteiger partial charge < -0.3 is 14.7 Å². The summed E-state index contributed by atoms with van der Waals surface area (Å²) in [5.41, 5.74) is 2.34. The van der Waals surface area contributed by atoms with Crippen molar-refractivity contribution < 1.29 is 9.84 Å². The highest BCUT2D eigenvalue weighted by molar-refractivity contribution is 5.26. The maximum Gasteiger partial charge on any atom is 0.0751 e. The number of ether oxygens (including phenoxy) is 1. The molecule has 3 saturated carbocycles. The topological polar surface area (TPSA) is 35.9 Å². The average Bonchev–Trinajstić information content (AvgIpc) is 3.41. The molecule has 5 fully saturated rings. The highest BCUT2D eigenvalue weighted by Gasteiger charge is 2.61. The van der Waals surface area contributed by atoms with Crippen molar-refractivity contribution in [2.75, 3.05) is 39.4 Å². The van der Waals surface area contributed by atoms with Crippen LogP contribution < -0.4 is 0 Å². The maximum atomic E-state index is 11.5. The van der Waals surface area contributed by atoms with Crippen LogP contribution in [0.25, 0.3) is 0 Å². The van der Waals surface area contributed by atoms with Crippen LogP contribution >= 0.6 is 0 Å². The second-order valence-electron chi connectivity index (χ2n) is 12.3. The summed E-state index contributed by atoms with van der Waals surface area (Å²) < 4.78 is 5.61. The Bertz CT molecular complexity index is 712. The summed E-state index contributed by atoms with van der Waals surface area (Å²) in [4.78, 5) is 5.35. The summed E-state index contributed by atoms with van der Waals surface area (Å²) in [5.74, 6) is 2.29. The van der Waals surface area contributed by atoms with E-state index in [1.54, 1.807) is 0 Å². The van der Waals surface area contributed by atoms with E-state index in [-0.39, 0.29) is 11.5 Å². The van der Waals surface area contributed by atoms with Gasteiger partial charge >= 0.3 is 0 Å². The molecule has 0 bridgehead atoms. The molecule has 6 aliphatic rings. The van der Waals surface area contributed by atoms with Crippen LogP contribution in [0.4, 0.5) is 0 Å². The first-order valence-corrected chi connectivity index (χ1v) is 13.4. The van der Waals surface area contributed by atoms with Crippen LogP contribution in [0.15, 0.2) is 11.6 Å². The number of morpholine rings is 1. The Kier molecular flexibility index (Phi) is 5.33. The van der Waals surface area contributed by atoms with Crippen molar-refractivity contribution in [1.82, 2.24) is 9.80 Å². The lowest BCUT2D eigenvalue weighted by Gasteiger charge is -2.58. The summed E-state index contributed by atoms with van der Waals surface area (Å²) in [6, 6.07) is 1.16. The molecule has 0 unspecified atom stereocenters. The van der Waals surface area contributed by atoms with E-state index < -0.39 is 0 Å². The largest absolute Gasteiger partial charge is 0.391 e. The molecule has 31 heavy (non-hydrogen) atoms. The SMILES string of the molecule is C[C@]12CC[C@H]3[C@@H](CC=C4C[C@@H](N5CCCC5)CC[C@@]43C)[C@@H]1C[C@H](N1CCOCC1)[C@@H]2O. The van der Waals surface area contributed by atoms with Gasteiger partial charge in [0.25, 0.3) is 0 Å². The van der Waals surface area contributed by atoms with Crippen LogP contribution in [-0.2, 0) is 4.74 Å². The number of hydrogen-bond acceptors (Lipinski definition) is 4. The second-order valence-corrected chi connectivity index (χ2v) is 12.3. The zero-order valence-electron chi connectivity index (χ0n) is 19.9. The van der Waals surface area contributed by atoms with Crippen molar-refractivity contribution in [3.05, 3.63) is 11.6 Å². The molecule has 2 heterocycles. The highest BCUT2D eigenvalue weighted by atomic mass is 16.5. The van der Waals surface area contributed by atoms with Crippen LogP contribution in [0.3, 0.4) is 0 Å². The monoisotopic (exact) mass is 428 g/mol. The molecule has 0 radical (unpaired) electrons. The molecule has 2 aliphatic heterocycles. The number of aliphatic hydroxyl groups excluding tert-OH is 1. The number of aliphatic hydroxyl groups is 1. The van der Waals surface area contributed by atoms with E-state index in [1.165, 1.54) is 70.9 Å². The molecule has 4 heteroatoms. The van der Waals surface area contributed by atoms with Gasteiger partial charge in [-0.15, -0.1) is 0 Å². The summed E-state index contributed by atoms with van der Waals surface area (Å²) in [6.07, 6.45) is 14.5. The van der Waals surface area contributed by atoms with Gasteiger partial charge in [-0.1, -0.05) is 25.5 Å². The molecular formula is C27H44N2O2. The lowest BCUT2D eigenvalue weighted by molar-refractivity contribution is -0.0806. The number of hydrogen-bond donors (Lipinski definition) is 1. The third-order valence-electron chi connectivity index (χ3n) is 11.2. The molecular weight excluding hydrogens is 384 g/mol. The van der Waals surface area contributed by atoms with Crippen LogP contribution in [0.1, 0.15) is 71.6 Å². The van der Waals surface area contributed by atoms with E-state index >= 15 is 0 Å². The number of fused-ring (bicyclic) bond motifs is 5. The van der Waals surface area contributed by atoms with E-state index in [4.69, 9.17) is 4.74 Å². The molecule has 0 amide bonds. The number of nitrogens with zero attached hydrogens (tertiary/aromatic N) is 2. The second kappa shape index (κ2) is 7.82. The predicted molar refractivity (Wildman–Crippen MR) is 124 cm³/mol. The Morgan fingerprint density at radius 3 is 2.52 bits per heavy atom. The summed E-state index contributed by atoms with van der Waals surface area (Å²) >= 11 is 0. The van der Waals surface area contributed by atoms with Gasteiger partial charge in [-0.2, -0.15) is 0 Å². The minimum Gasteiger partial charge on any atom is -0.391 e. The fourth-order valence-corrected chi connectivity index (χ4v) is 9.31. The summed E-state index contributed by atoms with van der Waals surface area (Å²) in [7, 11) is 0. The molecule has 0 aromatic heterocycles. The Morgan fingerprint density at radius 1 is 0.968 bits per heavy atom. The standard InChI is InChI=1S/C27H44N2O2/c1-26-9-7-20(28-11-3-4-12-28)17-19(26)5-6-21-22(26)8-10-27(2)23(21)18-24(25(27)30)29-13-15-31-16-14-29/h5,20-25,30H,3-4,6-18H2,1-2H3/t20-,21+,22-,23-,24-,25-,26-,27-/m0/s1. The first-order chi connectivity index (χ1) is 15.0. The zero-order valence-corrected chi connectivity index (χ0v) is 19.9. The third-order valence-corrected chi connectivity index (χ3v) is 11.2. The van der Waals surface area contributed by atoms with Crippen LogP contribution in [0, 0.1) is 28.6 Å². The molecule has 0 spiro atoms.